The van der Waals surface area contributed by atoms with Crippen molar-refractivity contribution >= 4 is 11.9 Å². The molecule has 1 amide bonds. The molecule has 1 heterocycles. The molecule has 1 aromatic carbocycles. The third-order valence-electron chi connectivity index (χ3n) is 3.63. The Morgan fingerprint density at radius 3 is 2.28 bits per heavy atom. The van der Waals surface area contributed by atoms with Crippen molar-refractivity contribution in [3.8, 4) is 11.5 Å². The van der Waals surface area contributed by atoms with Gasteiger partial charge >= 0.3 is 5.97 Å². The molecule has 0 aliphatic heterocycles. The molecule has 0 bridgehead atoms. The van der Waals surface area contributed by atoms with E-state index in [1.54, 1.807) is 30.3 Å². The highest BCUT2D eigenvalue weighted by atomic mass is 16.5. The molecule has 0 radical (unpaired) electrons. The Hall–Kier alpha value is -2.96. The molecule has 0 spiro atoms. The Kier molecular flexibility index (Phi) is 6.45. The Balaban J connectivity index is 2.25. The van der Waals surface area contributed by atoms with Crippen LogP contribution in [0.4, 0.5) is 0 Å². The maximum atomic E-state index is 12.9. The average Bonchev–Trinajstić information content (AvgIpc) is 3.16. The van der Waals surface area contributed by atoms with Gasteiger partial charge in [0.05, 0.1) is 40.6 Å². The quantitative estimate of drug-likeness (QED) is 0.683. The zero-order chi connectivity index (χ0) is 18.2. The van der Waals surface area contributed by atoms with E-state index in [-0.39, 0.29) is 31.4 Å². The number of nitrogens with zero attached hydrogens (tertiary/aromatic N) is 1. The maximum Gasteiger partial charge on any atom is 0.307 e. The third kappa shape index (κ3) is 5.00. The van der Waals surface area contributed by atoms with Crippen molar-refractivity contribution in [3.63, 3.8) is 0 Å². The van der Waals surface area contributed by atoms with Crippen molar-refractivity contribution in [1.29, 1.82) is 0 Å². The summed E-state index contributed by atoms with van der Waals surface area (Å²) in [6.07, 6.45) is 1.62. The summed E-state index contributed by atoms with van der Waals surface area (Å²) in [4.78, 5) is 25.9. The first kappa shape index (κ1) is 18.4. The van der Waals surface area contributed by atoms with E-state index >= 15 is 0 Å². The van der Waals surface area contributed by atoms with Crippen molar-refractivity contribution in [2.24, 2.45) is 0 Å². The van der Waals surface area contributed by atoms with Crippen LogP contribution in [0.15, 0.2) is 41.0 Å². The second-order valence-electron chi connectivity index (χ2n) is 5.23. The summed E-state index contributed by atoms with van der Waals surface area (Å²) in [5.74, 6) is 0.980. The van der Waals surface area contributed by atoms with E-state index in [9.17, 15) is 9.59 Å². The molecule has 0 aliphatic rings. The van der Waals surface area contributed by atoms with Crippen LogP contribution < -0.4 is 9.47 Å². The Labute approximate surface area is 146 Å². The number of furan rings is 1. The molecule has 0 atom stereocenters. The topological polar surface area (TPSA) is 78.2 Å². The van der Waals surface area contributed by atoms with Crippen molar-refractivity contribution in [3.05, 3.63) is 47.9 Å². The Morgan fingerprint density at radius 2 is 1.76 bits per heavy atom. The molecule has 0 saturated heterocycles. The summed E-state index contributed by atoms with van der Waals surface area (Å²) in [5.41, 5.74) is 0.396. The van der Waals surface area contributed by atoms with E-state index in [2.05, 4.69) is 4.74 Å². The number of amides is 1. The second kappa shape index (κ2) is 8.77. The summed E-state index contributed by atoms with van der Waals surface area (Å²) >= 11 is 0. The third-order valence-corrected chi connectivity index (χ3v) is 3.63. The first-order valence-corrected chi connectivity index (χ1v) is 7.69. The van der Waals surface area contributed by atoms with Crippen LogP contribution in [-0.2, 0) is 16.1 Å². The normalized spacial score (nSPS) is 10.2. The molecule has 7 nitrogen and oxygen atoms in total. The smallest absolute Gasteiger partial charge is 0.307 e. The molecule has 2 aromatic rings. The number of methoxy groups -OCH3 is 3. The molecule has 0 saturated carbocycles. The number of hydrogen-bond donors (Lipinski definition) is 0. The first-order valence-electron chi connectivity index (χ1n) is 7.69. The summed E-state index contributed by atoms with van der Waals surface area (Å²) in [6.45, 7) is 0.439. The van der Waals surface area contributed by atoms with Gasteiger partial charge < -0.3 is 23.5 Å². The minimum Gasteiger partial charge on any atom is -0.497 e. The van der Waals surface area contributed by atoms with E-state index in [0.29, 0.717) is 22.8 Å². The lowest BCUT2D eigenvalue weighted by molar-refractivity contribution is -0.140. The van der Waals surface area contributed by atoms with Gasteiger partial charge in [0.25, 0.3) is 5.91 Å². The van der Waals surface area contributed by atoms with Crippen LogP contribution >= 0.6 is 0 Å². The van der Waals surface area contributed by atoms with Gasteiger partial charge in [0, 0.05) is 18.2 Å². The zero-order valence-corrected chi connectivity index (χ0v) is 14.5. The Bertz CT molecular complexity index is 688. The van der Waals surface area contributed by atoms with Gasteiger partial charge in [-0.3, -0.25) is 9.59 Å². The SMILES string of the molecule is COC(=O)CCN(Cc1ccco1)C(=O)c1cc(OC)cc(OC)c1. The summed E-state index contributed by atoms with van der Waals surface area (Å²) in [5, 5.41) is 0. The molecule has 1 aromatic heterocycles. The van der Waals surface area contributed by atoms with E-state index in [1.807, 2.05) is 0 Å². The highest BCUT2D eigenvalue weighted by Crippen LogP contribution is 2.24. The fourth-order valence-corrected chi connectivity index (χ4v) is 2.28. The van der Waals surface area contributed by atoms with Gasteiger partial charge in [-0.05, 0) is 24.3 Å². The van der Waals surface area contributed by atoms with Crippen molar-refractivity contribution in [1.82, 2.24) is 4.90 Å². The predicted octanol–water partition coefficient (Wildman–Crippen LogP) is 2.50. The fraction of sp³-hybridized carbons (Fsp3) is 0.333. The van der Waals surface area contributed by atoms with E-state index in [1.165, 1.54) is 32.5 Å². The molecule has 0 unspecified atom stereocenters. The van der Waals surface area contributed by atoms with Crippen molar-refractivity contribution < 1.29 is 28.2 Å². The van der Waals surface area contributed by atoms with E-state index < -0.39 is 0 Å². The molecule has 25 heavy (non-hydrogen) atoms. The van der Waals surface area contributed by atoms with Gasteiger partial charge in [-0.2, -0.15) is 0 Å². The second-order valence-corrected chi connectivity index (χ2v) is 5.23. The average molecular weight is 347 g/mol. The monoisotopic (exact) mass is 347 g/mol. The highest BCUT2D eigenvalue weighted by molar-refractivity contribution is 5.95. The van der Waals surface area contributed by atoms with Gasteiger partial charge in [-0.1, -0.05) is 0 Å². The Morgan fingerprint density at radius 1 is 1.08 bits per heavy atom. The lowest BCUT2D eigenvalue weighted by Crippen LogP contribution is -2.32. The van der Waals surface area contributed by atoms with Crippen LogP contribution in [0, 0.1) is 0 Å². The zero-order valence-electron chi connectivity index (χ0n) is 14.5. The fourth-order valence-electron chi connectivity index (χ4n) is 2.28. The van der Waals surface area contributed by atoms with Crippen LogP contribution in [0.5, 0.6) is 11.5 Å². The highest BCUT2D eigenvalue weighted by Gasteiger charge is 2.20. The van der Waals surface area contributed by atoms with Crippen LogP contribution in [0.1, 0.15) is 22.5 Å². The summed E-state index contributed by atoms with van der Waals surface area (Å²) < 4.78 is 20.4. The number of carbonyl (C=O) groups excluding carboxylic acids is 2. The largest absolute Gasteiger partial charge is 0.497 e. The number of benzene rings is 1. The number of hydrogen-bond acceptors (Lipinski definition) is 6. The summed E-state index contributed by atoms with van der Waals surface area (Å²) in [6, 6.07) is 8.44. The van der Waals surface area contributed by atoms with Crippen molar-refractivity contribution in [2.45, 2.75) is 13.0 Å². The minimum atomic E-state index is -0.388. The van der Waals surface area contributed by atoms with Crippen LogP contribution in [0.2, 0.25) is 0 Å². The molecule has 7 heteroatoms. The number of esters is 1. The van der Waals surface area contributed by atoms with Gasteiger partial charge in [-0.15, -0.1) is 0 Å². The number of ether oxygens (including phenoxy) is 3. The summed E-state index contributed by atoms with van der Waals surface area (Å²) in [7, 11) is 4.34. The van der Waals surface area contributed by atoms with Gasteiger partial charge in [-0.25, -0.2) is 0 Å². The molecule has 0 N–H and O–H groups in total. The minimum absolute atomic E-state index is 0.0874. The lowest BCUT2D eigenvalue weighted by atomic mass is 10.1. The first-order chi connectivity index (χ1) is 12.1. The molecule has 0 fully saturated rings. The van der Waals surface area contributed by atoms with E-state index in [0.717, 1.165) is 0 Å². The molecule has 2 rings (SSSR count). The molecule has 134 valence electrons. The molecular weight excluding hydrogens is 326 g/mol. The maximum absolute atomic E-state index is 12.9. The van der Waals surface area contributed by atoms with Crippen molar-refractivity contribution in [2.75, 3.05) is 27.9 Å². The van der Waals surface area contributed by atoms with Crippen LogP contribution in [0.25, 0.3) is 0 Å². The van der Waals surface area contributed by atoms with Gasteiger partial charge in [0.1, 0.15) is 17.3 Å². The van der Waals surface area contributed by atoms with Gasteiger partial charge in [0.2, 0.25) is 0 Å². The predicted molar refractivity (Wildman–Crippen MR) is 89.6 cm³/mol. The van der Waals surface area contributed by atoms with E-state index in [4.69, 9.17) is 13.9 Å². The molecular formula is C18H21NO6. The lowest BCUT2D eigenvalue weighted by Gasteiger charge is -2.22. The van der Waals surface area contributed by atoms with Crippen LogP contribution in [-0.4, -0.2) is 44.7 Å². The standard InChI is InChI=1S/C18H21NO6/c1-22-15-9-13(10-16(11-15)23-2)18(21)19(7-6-17(20)24-3)12-14-5-4-8-25-14/h4-5,8-11H,6-7,12H2,1-3H3. The van der Waals surface area contributed by atoms with Crippen LogP contribution in [0.3, 0.4) is 0 Å². The number of carbonyl (C=O) groups is 2. The van der Waals surface area contributed by atoms with Gasteiger partial charge in [0.15, 0.2) is 0 Å². The number of rotatable bonds is 8. The molecule has 0 aliphatic carbocycles.